The summed E-state index contributed by atoms with van der Waals surface area (Å²) in [7, 11) is -3.34. The molecule has 0 saturated carbocycles. The van der Waals surface area contributed by atoms with Gasteiger partial charge < -0.3 is 0 Å². The van der Waals surface area contributed by atoms with Crippen LogP contribution in [0.5, 0.6) is 0 Å². The number of anilines is 1. The molecule has 14 heavy (non-hydrogen) atoms. The van der Waals surface area contributed by atoms with Crippen LogP contribution in [-0.4, -0.2) is 8.42 Å². The Balaban J connectivity index is 2.81. The van der Waals surface area contributed by atoms with Gasteiger partial charge in [0, 0.05) is 10.6 Å². The third-order valence-corrected chi connectivity index (χ3v) is 4.88. The lowest BCUT2D eigenvalue weighted by molar-refractivity contribution is 0.567. The molecular formula is C9H10ClNO2S. The van der Waals surface area contributed by atoms with E-state index in [2.05, 4.69) is 4.72 Å². The number of rotatable bonds is 0. The molecule has 0 radical (unpaired) electrons. The summed E-state index contributed by atoms with van der Waals surface area (Å²) >= 11 is 5.98. The van der Waals surface area contributed by atoms with Crippen molar-refractivity contribution in [3.8, 4) is 0 Å². The molecule has 0 aromatic heterocycles. The fourth-order valence-electron chi connectivity index (χ4n) is 1.63. The van der Waals surface area contributed by atoms with Crippen LogP contribution in [0.2, 0.25) is 5.02 Å². The lowest BCUT2D eigenvalue weighted by Gasteiger charge is -2.17. The summed E-state index contributed by atoms with van der Waals surface area (Å²) < 4.78 is 25.0. The quantitative estimate of drug-likeness (QED) is 0.745. The monoisotopic (exact) mass is 231 g/mol. The molecule has 0 atom stereocenters. The largest absolute Gasteiger partial charge is 0.282 e. The predicted molar refractivity (Wildman–Crippen MR) is 57.0 cm³/mol. The van der Waals surface area contributed by atoms with Crippen LogP contribution in [0.25, 0.3) is 0 Å². The summed E-state index contributed by atoms with van der Waals surface area (Å²) in [4.78, 5) is 0. The van der Waals surface area contributed by atoms with Gasteiger partial charge in [-0.15, -0.1) is 0 Å². The van der Waals surface area contributed by atoms with Crippen molar-refractivity contribution in [2.75, 3.05) is 4.72 Å². The summed E-state index contributed by atoms with van der Waals surface area (Å²) in [5.74, 6) is 0. The molecule has 1 aromatic rings. The molecule has 0 saturated heterocycles. The van der Waals surface area contributed by atoms with Gasteiger partial charge in [0.1, 0.15) is 4.75 Å². The zero-order valence-corrected chi connectivity index (χ0v) is 9.41. The summed E-state index contributed by atoms with van der Waals surface area (Å²) in [5, 5.41) is 0.487. The summed E-state index contributed by atoms with van der Waals surface area (Å²) in [5.41, 5.74) is 1.24. The molecular weight excluding hydrogens is 222 g/mol. The first kappa shape index (κ1) is 9.80. The van der Waals surface area contributed by atoms with E-state index in [4.69, 9.17) is 11.6 Å². The molecule has 0 aliphatic carbocycles. The number of halogens is 1. The zero-order chi connectivity index (χ0) is 10.6. The number of hydrogen-bond donors (Lipinski definition) is 1. The Morgan fingerprint density at radius 3 is 2.57 bits per heavy atom. The van der Waals surface area contributed by atoms with Crippen molar-refractivity contribution in [2.24, 2.45) is 0 Å². The van der Waals surface area contributed by atoms with E-state index >= 15 is 0 Å². The van der Waals surface area contributed by atoms with Gasteiger partial charge in [-0.25, -0.2) is 8.42 Å². The van der Waals surface area contributed by atoms with Crippen molar-refractivity contribution in [1.29, 1.82) is 0 Å². The number of sulfonamides is 1. The SMILES string of the molecule is CC1(C)c2c(Cl)cccc2NS1(=O)=O. The van der Waals surface area contributed by atoms with E-state index in [1.54, 1.807) is 32.0 Å². The Morgan fingerprint density at radius 1 is 1.36 bits per heavy atom. The number of hydrogen-bond acceptors (Lipinski definition) is 2. The van der Waals surface area contributed by atoms with Crippen molar-refractivity contribution in [3.63, 3.8) is 0 Å². The van der Waals surface area contributed by atoms with E-state index in [1.165, 1.54) is 0 Å². The van der Waals surface area contributed by atoms with Gasteiger partial charge in [0.2, 0.25) is 10.0 Å². The third kappa shape index (κ3) is 1.07. The smallest absolute Gasteiger partial charge is 0.242 e. The topological polar surface area (TPSA) is 46.2 Å². The van der Waals surface area contributed by atoms with Crippen LogP contribution in [0.3, 0.4) is 0 Å². The number of fused-ring (bicyclic) bond motifs is 1. The van der Waals surface area contributed by atoms with Gasteiger partial charge >= 0.3 is 0 Å². The molecule has 1 aromatic carbocycles. The van der Waals surface area contributed by atoms with Gasteiger partial charge in [-0.1, -0.05) is 17.7 Å². The second kappa shape index (κ2) is 2.64. The molecule has 1 aliphatic rings. The maximum Gasteiger partial charge on any atom is 0.242 e. The lowest BCUT2D eigenvalue weighted by Crippen LogP contribution is -2.27. The Bertz CT molecular complexity index is 494. The third-order valence-electron chi connectivity index (χ3n) is 2.53. The highest BCUT2D eigenvalue weighted by molar-refractivity contribution is 7.94. The maximum atomic E-state index is 11.7. The van der Waals surface area contributed by atoms with E-state index in [0.717, 1.165) is 0 Å². The summed E-state index contributed by atoms with van der Waals surface area (Å²) in [6.07, 6.45) is 0. The van der Waals surface area contributed by atoms with Crippen molar-refractivity contribution in [3.05, 3.63) is 28.8 Å². The standard InChI is InChI=1S/C9H10ClNO2S/c1-9(2)8-6(10)4-3-5-7(8)11-14(9,12)13/h3-5,11H,1-2H3. The molecule has 0 unspecified atom stereocenters. The van der Waals surface area contributed by atoms with E-state index < -0.39 is 14.8 Å². The second-order valence-corrected chi connectivity index (χ2v) is 6.42. The van der Waals surface area contributed by atoms with Crippen LogP contribution in [0.1, 0.15) is 19.4 Å². The first-order valence-corrected chi connectivity index (χ1v) is 6.04. The minimum Gasteiger partial charge on any atom is -0.282 e. The Morgan fingerprint density at radius 2 is 2.00 bits per heavy atom. The van der Waals surface area contributed by atoms with Crippen LogP contribution in [0, 0.1) is 0 Å². The van der Waals surface area contributed by atoms with Crippen molar-refractivity contribution < 1.29 is 8.42 Å². The Labute approximate surface area is 88.1 Å². The highest BCUT2D eigenvalue weighted by Crippen LogP contribution is 2.45. The van der Waals surface area contributed by atoms with Gasteiger partial charge in [0.05, 0.1) is 5.69 Å². The first-order chi connectivity index (χ1) is 6.36. The fraction of sp³-hybridized carbons (Fsp3) is 0.333. The molecule has 1 aliphatic heterocycles. The minimum absolute atomic E-state index is 0.487. The normalized spacial score (nSPS) is 21.4. The van der Waals surface area contributed by atoms with E-state index in [0.29, 0.717) is 16.3 Å². The van der Waals surface area contributed by atoms with Crippen molar-refractivity contribution >= 4 is 27.3 Å². The van der Waals surface area contributed by atoms with Gasteiger partial charge in [0.25, 0.3) is 0 Å². The fourth-order valence-corrected chi connectivity index (χ4v) is 3.30. The predicted octanol–water partition coefficient (Wildman–Crippen LogP) is 2.33. The van der Waals surface area contributed by atoms with Gasteiger partial charge in [-0.05, 0) is 26.0 Å². The molecule has 3 nitrogen and oxygen atoms in total. The van der Waals surface area contributed by atoms with E-state index in [9.17, 15) is 8.42 Å². The average Bonchev–Trinajstić information content (AvgIpc) is 2.19. The van der Waals surface area contributed by atoms with Gasteiger partial charge in [0.15, 0.2) is 0 Å². The van der Waals surface area contributed by atoms with Crippen LogP contribution >= 0.6 is 11.6 Å². The van der Waals surface area contributed by atoms with Crippen molar-refractivity contribution in [2.45, 2.75) is 18.6 Å². The Hall–Kier alpha value is -0.740. The van der Waals surface area contributed by atoms with Crippen LogP contribution in [0.15, 0.2) is 18.2 Å². The van der Waals surface area contributed by atoms with Gasteiger partial charge in [-0.3, -0.25) is 4.72 Å². The molecule has 2 rings (SSSR count). The number of nitrogens with one attached hydrogen (secondary N) is 1. The zero-order valence-electron chi connectivity index (χ0n) is 7.83. The molecule has 5 heteroatoms. The van der Waals surface area contributed by atoms with Crippen LogP contribution in [-0.2, 0) is 14.8 Å². The molecule has 0 amide bonds. The lowest BCUT2D eigenvalue weighted by atomic mass is 10.0. The average molecular weight is 232 g/mol. The molecule has 76 valence electrons. The Kier molecular flexibility index (Phi) is 1.85. The van der Waals surface area contributed by atoms with Crippen LogP contribution in [0.4, 0.5) is 5.69 Å². The molecule has 0 bridgehead atoms. The first-order valence-electron chi connectivity index (χ1n) is 4.17. The summed E-state index contributed by atoms with van der Waals surface area (Å²) in [6.45, 7) is 3.29. The number of benzene rings is 1. The molecule has 0 spiro atoms. The molecule has 0 fully saturated rings. The van der Waals surface area contributed by atoms with E-state index in [1.807, 2.05) is 0 Å². The van der Waals surface area contributed by atoms with E-state index in [-0.39, 0.29) is 0 Å². The van der Waals surface area contributed by atoms with Crippen molar-refractivity contribution in [1.82, 2.24) is 0 Å². The maximum absolute atomic E-state index is 11.7. The minimum atomic E-state index is -3.34. The molecule has 1 heterocycles. The highest BCUT2D eigenvalue weighted by atomic mass is 35.5. The highest BCUT2D eigenvalue weighted by Gasteiger charge is 2.45. The van der Waals surface area contributed by atoms with Crippen LogP contribution < -0.4 is 4.72 Å². The second-order valence-electron chi connectivity index (χ2n) is 3.78. The summed E-state index contributed by atoms with van der Waals surface area (Å²) in [6, 6.07) is 5.14. The van der Waals surface area contributed by atoms with Gasteiger partial charge in [-0.2, -0.15) is 0 Å². The molecule has 1 N–H and O–H groups in total.